The summed E-state index contributed by atoms with van der Waals surface area (Å²) in [4.78, 5) is 15.1. The molecule has 1 aliphatic heterocycles. The molecule has 2 aromatic carbocycles. The van der Waals surface area contributed by atoms with E-state index in [4.69, 9.17) is 16.3 Å². The van der Waals surface area contributed by atoms with Crippen LogP contribution in [0.5, 0.6) is 0 Å². The quantitative estimate of drug-likeness (QED) is 0.478. The molecule has 0 bridgehead atoms. The number of aromatic nitrogens is 3. The van der Waals surface area contributed by atoms with Gasteiger partial charge in [-0.25, -0.2) is 4.39 Å². The summed E-state index contributed by atoms with van der Waals surface area (Å²) in [7, 11) is 0. The van der Waals surface area contributed by atoms with Crippen molar-refractivity contribution in [2.45, 2.75) is 23.9 Å². The Morgan fingerprint density at radius 2 is 1.82 bits per heavy atom. The van der Waals surface area contributed by atoms with Crippen molar-refractivity contribution in [2.75, 3.05) is 38.2 Å². The summed E-state index contributed by atoms with van der Waals surface area (Å²) in [5.74, 6) is 0.199. The molecule has 0 aliphatic carbocycles. The number of carbonyl (C=O) groups is 1. The first-order valence-electron chi connectivity index (χ1n) is 10.7. The lowest BCUT2D eigenvalue weighted by molar-refractivity contribution is -0.115. The van der Waals surface area contributed by atoms with Gasteiger partial charge in [0.1, 0.15) is 5.82 Å². The Morgan fingerprint density at radius 3 is 2.52 bits per heavy atom. The van der Waals surface area contributed by atoms with Crippen molar-refractivity contribution in [1.29, 1.82) is 0 Å². The minimum atomic E-state index is -0.409. The molecule has 1 amide bonds. The highest BCUT2D eigenvalue weighted by atomic mass is 35.5. The topological polar surface area (TPSA) is 72.3 Å². The molecule has 1 fully saturated rings. The lowest BCUT2D eigenvalue weighted by atomic mass is 10.2. The first kappa shape index (κ1) is 23.7. The normalized spacial score (nSPS) is 15.4. The predicted molar refractivity (Wildman–Crippen MR) is 128 cm³/mol. The highest BCUT2D eigenvalue weighted by Crippen LogP contribution is 2.28. The van der Waals surface area contributed by atoms with Crippen LogP contribution in [-0.2, 0) is 16.1 Å². The maximum atomic E-state index is 13.4. The maximum Gasteiger partial charge on any atom is 0.237 e. The molecule has 0 radical (unpaired) electrons. The summed E-state index contributed by atoms with van der Waals surface area (Å²) in [6.07, 6.45) is 0. The van der Waals surface area contributed by atoms with Crippen molar-refractivity contribution in [1.82, 2.24) is 19.7 Å². The van der Waals surface area contributed by atoms with Crippen LogP contribution >= 0.6 is 23.4 Å². The third kappa shape index (κ3) is 6.32. The van der Waals surface area contributed by atoms with Gasteiger partial charge in [0.15, 0.2) is 11.0 Å². The van der Waals surface area contributed by atoms with Gasteiger partial charge in [0.05, 0.1) is 18.5 Å². The molecule has 1 N–H and O–H groups in total. The number of thioether (sulfide) groups is 1. The Labute approximate surface area is 201 Å². The molecule has 1 aromatic heterocycles. The van der Waals surface area contributed by atoms with Gasteiger partial charge in [0, 0.05) is 42.5 Å². The van der Waals surface area contributed by atoms with Gasteiger partial charge in [-0.3, -0.25) is 9.69 Å². The van der Waals surface area contributed by atoms with Gasteiger partial charge < -0.3 is 14.6 Å². The number of nitrogens with one attached hydrogen (secondary N) is 1. The summed E-state index contributed by atoms with van der Waals surface area (Å²) in [6.45, 7) is 6.45. The van der Waals surface area contributed by atoms with Crippen LogP contribution in [0, 0.1) is 5.82 Å². The van der Waals surface area contributed by atoms with Gasteiger partial charge in [0.25, 0.3) is 0 Å². The van der Waals surface area contributed by atoms with Gasteiger partial charge in [-0.15, -0.1) is 10.2 Å². The van der Waals surface area contributed by atoms with Crippen LogP contribution in [-0.4, -0.2) is 63.7 Å². The van der Waals surface area contributed by atoms with Crippen molar-refractivity contribution in [3.63, 3.8) is 0 Å². The van der Waals surface area contributed by atoms with E-state index in [0.29, 0.717) is 28.2 Å². The van der Waals surface area contributed by atoms with E-state index in [9.17, 15) is 9.18 Å². The Hall–Kier alpha value is -2.46. The van der Waals surface area contributed by atoms with Crippen LogP contribution in [0.1, 0.15) is 6.92 Å². The van der Waals surface area contributed by atoms with Crippen molar-refractivity contribution < 1.29 is 13.9 Å². The highest BCUT2D eigenvalue weighted by Gasteiger charge is 2.22. The van der Waals surface area contributed by atoms with Crippen LogP contribution in [0.15, 0.2) is 53.7 Å². The molecule has 33 heavy (non-hydrogen) atoms. The lowest BCUT2D eigenvalue weighted by Gasteiger charge is -2.27. The van der Waals surface area contributed by atoms with Crippen LogP contribution in [0.3, 0.4) is 0 Å². The number of hydrogen-bond donors (Lipinski definition) is 1. The standard InChI is InChI=1S/C23H25ClFN5O2S/c1-16(22(31)26-20-8-4-18(24)5-9-20)33-23-28-27-21(17-2-6-19(25)7-3-17)30(23)11-10-29-12-14-32-15-13-29/h2-9,16H,10-15H2,1H3,(H,26,31). The molecule has 1 aliphatic rings. The summed E-state index contributed by atoms with van der Waals surface area (Å²) < 4.78 is 20.9. The van der Waals surface area contributed by atoms with E-state index in [0.717, 1.165) is 38.4 Å². The number of amides is 1. The van der Waals surface area contributed by atoms with Crippen LogP contribution in [0.25, 0.3) is 11.4 Å². The Kier molecular flexibility index (Phi) is 7.97. The van der Waals surface area contributed by atoms with Gasteiger partial charge in [-0.1, -0.05) is 23.4 Å². The molecule has 1 saturated heterocycles. The zero-order valence-electron chi connectivity index (χ0n) is 18.2. The van der Waals surface area contributed by atoms with E-state index in [1.807, 2.05) is 11.5 Å². The number of morpholine rings is 1. The second-order valence-electron chi connectivity index (χ2n) is 7.67. The fourth-order valence-corrected chi connectivity index (χ4v) is 4.45. The minimum Gasteiger partial charge on any atom is -0.379 e. The SMILES string of the molecule is CC(Sc1nnc(-c2ccc(F)cc2)n1CCN1CCOCC1)C(=O)Nc1ccc(Cl)cc1. The third-order valence-electron chi connectivity index (χ3n) is 5.33. The zero-order valence-corrected chi connectivity index (χ0v) is 19.8. The molecule has 3 aromatic rings. The number of anilines is 1. The summed E-state index contributed by atoms with van der Waals surface area (Å²) in [5, 5.41) is 12.5. The number of rotatable bonds is 8. The van der Waals surface area contributed by atoms with Gasteiger partial charge in [0.2, 0.25) is 5.91 Å². The summed E-state index contributed by atoms with van der Waals surface area (Å²) >= 11 is 7.26. The molecule has 0 saturated carbocycles. The van der Waals surface area contributed by atoms with E-state index in [1.54, 1.807) is 36.4 Å². The van der Waals surface area contributed by atoms with E-state index in [2.05, 4.69) is 20.4 Å². The monoisotopic (exact) mass is 489 g/mol. The van der Waals surface area contributed by atoms with Crippen LogP contribution in [0.2, 0.25) is 5.02 Å². The zero-order chi connectivity index (χ0) is 23.2. The molecule has 1 unspecified atom stereocenters. The van der Waals surface area contributed by atoms with Crippen LogP contribution < -0.4 is 5.32 Å². The average molecular weight is 490 g/mol. The molecular formula is C23H25ClFN5O2S. The molecule has 4 rings (SSSR count). The van der Waals surface area contributed by atoms with Gasteiger partial charge in [-0.05, 0) is 55.5 Å². The largest absolute Gasteiger partial charge is 0.379 e. The van der Waals surface area contributed by atoms with Gasteiger partial charge >= 0.3 is 0 Å². The molecule has 7 nitrogen and oxygen atoms in total. The summed E-state index contributed by atoms with van der Waals surface area (Å²) in [5.41, 5.74) is 1.45. The third-order valence-corrected chi connectivity index (χ3v) is 6.66. The molecule has 10 heteroatoms. The summed E-state index contributed by atoms with van der Waals surface area (Å²) in [6, 6.07) is 13.2. The number of nitrogens with zero attached hydrogens (tertiary/aromatic N) is 4. The Morgan fingerprint density at radius 1 is 1.12 bits per heavy atom. The Bertz CT molecular complexity index is 1070. The number of halogens is 2. The Balaban J connectivity index is 1.51. The maximum absolute atomic E-state index is 13.4. The first-order chi connectivity index (χ1) is 16.0. The number of carbonyl (C=O) groups excluding carboxylic acids is 1. The molecule has 2 heterocycles. The van der Waals surface area contributed by atoms with E-state index < -0.39 is 5.25 Å². The second kappa shape index (κ2) is 11.1. The van der Waals surface area contributed by atoms with Crippen molar-refractivity contribution in [2.24, 2.45) is 0 Å². The number of ether oxygens (including phenoxy) is 1. The van der Waals surface area contributed by atoms with E-state index in [1.165, 1.54) is 23.9 Å². The fraction of sp³-hybridized carbons (Fsp3) is 0.348. The molecule has 174 valence electrons. The van der Waals surface area contributed by atoms with Crippen molar-refractivity contribution in [3.8, 4) is 11.4 Å². The van der Waals surface area contributed by atoms with Crippen LogP contribution in [0.4, 0.5) is 10.1 Å². The number of hydrogen-bond acceptors (Lipinski definition) is 6. The highest BCUT2D eigenvalue weighted by molar-refractivity contribution is 8.00. The molecule has 0 spiro atoms. The smallest absolute Gasteiger partial charge is 0.237 e. The fourth-order valence-electron chi connectivity index (χ4n) is 3.44. The lowest BCUT2D eigenvalue weighted by Crippen LogP contribution is -2.38. The van der Waals surface area contributed by atoms with Crippen molar-refractivity contribution in [3.05, 3.63) is 59.4 Å². The minimum absolute atomic E-state index is 0.145. The average Bonchev–Trinajstić information content (AvgIpc) is 3.22. The second-order valence-corrected chi connectivity index (χ2v) is 9.42. The first-order valence-corrected chi connectivity index (χ1v) is 12.0. The van der Waals surface area contributed by atoms with Crippen molar-refractivity contribution >= 4 is 35.0 Å². The molecular weight excluding hydrogens is 465 g/mol. The molecule has 1 atom stereocenters. The number of benzene rings is 2. The predicted octanol–water partition coefficient (Wildman–Crippen LogP) is 4.19. The van der Waals surface area contributed by atoms with Gasteiger partial charge in [-0.2, -0.15) is 0 Å². The van der Waals surface area contributed by atoms with E-state index >= 15 is 0 Å². The van der Waals surface area contributed by atoms with E-state index in [-0.39, 0.29) is 11.7 Å².